The first-order chi connectivity index (χ1) is 7.53. The topological polar surface area (TPSA) is 9.23 Å². The molecule has 0 unspecified atom stereocenters. The van der Waals surface area contributed by atoms with Crippen LogP contribution in [0.3, 0.4) is 0 Å². The van der Waals surface area contributed by atoms with Gasteiger partial charge in [-0.05, 0) is 18.1 Å². The van der Waals surface area contributed by atoms with Gasteiger partial charge in [0.1, 0.15) is 5.76 Å². The third-order valence-electron chi connectivity index (χ3n) is 2.78. The highest BCUT2D eigenvalue weighted by Crippen LogP contribution is 2.37. The van der Waals surface area contributed by atoms with Gasteiger partial charge in [0.25, 0.3) is 5.92 Å². The van der Waals surface area contributed by atoms with Gasteiger partial charge in [0.15, 0.2) is 0 Å². The zero-order chi connectivity index (χ0) is 11.8. The zero-order valence-electron chi connectivity index (χ0n) is 9.22. The smallest absolute Gasteiger partial charge is 0.256 e. The lowest BCUT2D eigenvalue weighted by molar-refractivity contribution is 0.0130. The van der Waals surface area contributed by atoms with E-state index in [0.717, 1.165) is 5.56 Å². The average molecular weight is 224 g/mol. The molecule has 0 aromatic heterocycles. The van der Waals surface area contributed by atoms with Crippen LogP contribution in [0.1, 0.15) is 23.6 Å². The van der Waals surface area contributed by atoms with E-state index in [1.807, 2.05) is 6.92 Å². The van der Waals surface area contributed by atoms with Crippen molar-refractivity contribution in [2.24, 2.45) is 0 Å². The van der Waals surface area contributed by atoms with E-state index in [1.54, 1.807) is 18.2 Å². The molecule has 16 heavy (non-hydrogen) atoms. The number of hydrogen-bond donors (Lipinski definition) is 0. The maximum atomic E-state index is 13.3. The van der Waals surface area contributed by atoms with E-state index in [9.17, 15) is 8.78 Å². The minimum absolute atomic E-state index is 0.171. The first kappa shape index (κ1) is 11.1. The van der Waals surface area contributed by atoms with Crippen LogP contribution in [0.15, 0.2) is 24.8 Å². The summed E-state index contributed by atoms with van der Waals surface area (Å²) in [6.45, 7) is 6.12. The van der Waals surface area contributed by atoms with Crippen molar-refractivity contribution in [2.45, 2.75) is 25.7 Å². The lowest BCUT2D eigenvalue weighted by atomic mass is 10.0. The predicted octanol–water partition coefficient (Wildman–Crippen LogP) is 3.43. The summed E-state index contributed by atoms with van der Waals surface area (Å²) in [4.78, 5) is 0. The molecule has 2 rings (SSSR count). The van der Waals surface area contributed by atoms with Crippen molar-refractivity contribution in [3.05, 3.63) is 41.5 Å². The molecule has 3 heteroatoms. The van der Waals surface area contributed by atoms with Crippen LogP contribution in [0.5, 0.6) is 0 Å². The summed E-state index contributed by atoms with van der Waals surface area (Å²) < 4.78 is 31.9. The number of ether oxygens (including phenoxy) is 1. The lowest BCUT2D eigenvalue weighted by Gasteiger charge is -2.11. The Hall–Kier alpha value is -1.38. The first-order valence-electron chi connectivity index (χ1n) is 5.34. The Morgan fingerprint density at radius 2 is 2.19 bits per heavy atom. The minimum atomic E-state index is -2.62. The molecule has 0 N–H and O–H groups in total. The number of rotatable bonds is 3. The highest BCUT2D eigenvalue weighted by Gasteiger charge is 2.38. The van der Waals surface area contributed by atoms with Crippen LogP contribution >= 0.6 is 0 Å². The third kappa shape index (κ3) is 1.94. The standard InChI is InChI=1S/C13H14F2O/c1-3-16-9(2)11-6-4-5-10-7-13(14,15)8-12(10)11/h4-6H,2-3,7-8H2,1H3. The largest absolute Gasteiger partial charge is 0.494 e. The van der Waals surface area contributed by atoms with Gasteiger partial charge in [-0.15, -0.1) is 0 Å². The summed E-state index contributed by atoms with van der Waals surface area (Å²) in [6, 6.07) is 5.32. The second kappa shape index (κ2) is 3.89. The molecule has 0 radical (unpaired) electrons. The number of benzene rings is 1. The summed E-state index contributed by atoms with van der Waals surface area (Å²) in [5.74, 6) is -2.14. The first-order valence-corrected chi connectivity index (χ1v) is 5.34. The van der Waals surface area contributed by atoms with E-state index in [1.165, 1.54) is 0 Å². The van der Waals surface area contributed by atoms with Crippen molar-refractivity contribution >= 4 is 5.76 Å². The molecule has 0 heterocycles. The van der Waals surface area contributed by atoms with Crippen molar-refractivity contribution in [1.82, 2.24) is 0 Å². The molecule has 0 saturated heterocycles. The van der Waals surface area contributed by atoms with Gasteiger partial charge < -0.3 is 4.74 Å². The van der Waals surface area contributed by atoms with Crippen molar-refractivity contribution in [2.75, 3.05) is 6.61 Å². The van der Waals surface area contributed by atoms with Gasteiger partial charge in [-0.25, -0.2) is 8.78 Å². The lowest BCUT2D eigenvalue weighted by Crippen LogP contribution is -2.14. The van der Waals surface area contributed by atoms with Crippen LogP contribution in [0.4, 0.5) is 8.78 Å². The number of fused-ring (bicyclic) bond motifs is 1. The highest BCUT2D eigenvalue weighted by atomic mass is 19.3. The van der Waals surface area contributed by atoms with Gasteiger partial charge in [0, 0.05) is 18.4 Å². The Kier molecular flexibility index (Phi) is 2.70. The molecule has 1 aromatic rings. The molecular formula is C13H14F2O. The van der Waals surface area contributed by atoms with Gasteiger partial charge >= 0.3 is 0 Å². The van der Waals surface area contributed by atoms with Gasteiger partial charge in [-0.2, -0.15) is 0 Å². The van der Waals surface area contributed by atoms with Crippen molar-refractivity contribution in [1.29, 1.82) is 0 Å². The molecule has 0 aliphatic heterocycles. The Bertz CT molecular complexity index is 424. The second-order valence-corrected chi connectivity index (χ2v) is 4.01. The minimum Gasteiger partial charge on any atom is -0.494 e. The Morgan fingerprint density at radius 3 is 2.88 bits per heavy atom. The quantitative estimate of drug-likeness (QED) is 0.715. The maximum absolute atomic E-state index is 13.3. The van der Waals surface area contributed by atoms with E-state index >= 15 is 0 Å². The van der Waals surface area contributed by atoms with E-state index in [4.69, 9.17) is 4.74 Å². The summed E-state index contributed by atoms with van der Waals surface area (Å²) in [5, 5.41) is 0. The maximum Gasteiger partial charge on any atom is 0.256 e. The van der Waals surface area contributed by atoms with Crippen molar-refractivity contribution in [3.8, 4) is 0 Å². The number of halogens is 2. The molecular weight excluding hydrogens is 210 g/mol. The van der Waals surface area contributed by atoms with Crippen LogP contribution in [0, 0.1) is 0 Å². The zero-order valence-corrected chi connectivity index (χ0v) is 9.22. The predicted molar refractivity (Wildman–Crippen MR) is 59.5 cm³/mol. The van der Waals surface area contributed by atoms with E-state index in [0.29, 0.717) is 23.5 Å². The molecule has 0 fully saturated rings. The molecule has 0 atom stereocenters. The normalized spacial score (nSPS) is 16.9. The van der Waals surface area contributed by atoms with Crippen molar-refractivity contribution in [3.63, 3.8) is 0 Å². The van der Waals surface area contributed by atoms with Crippen LogP contribution in [0.25, 0.3) is 5.76 Å². The third-order valence-corrected chi connectivity index (χ3v) is 2.78. The van der Waals surface area contributed by atoms with E-state index in [2.05, 4.69) is 6.58 Å². The van der Waals surface area contributed by atoms with E-state index < -0.39 is 5.92 Å². The Morgan fingerprint density at radius 1 is 1.44 bits per heavy atom. The molecule has 0 bridgehead atoms. The molecule has 0 saturated carbocycles. The monoisotopic (exact) mass is 224 g/mol. The fraction of sp³-hybridized carbons (Fsp3) is 0.385. The molecule has 0 spiro atoms. The van der Waals surface area contributed by atoms with E-state index in [-0.39, 0.29) is 12.8 Å². The number of alkyl halides is 2. The fourth-order valence-electron chi connectivity index (χ4n) is 2.12. The van der Waals surface area contributed by atoms with Gasteiger partial charge in [-0.3, -0.25) is 0 Å². The molecule has 1 aliphatic rings. The van der Waals surface area contributed by atoms with Gasteiger partial charge in [0.05, 0.1) is 6.61 Å². The summed E-state index contributed by atoms with van der Waals surface area (Å²) in [7, 11) is 0. The van der Waals surface area contributed by atoms with Crippen LogP contribution in [-0.4, -0.2) is 12.5 Å². The van der Waals surface area contributed by atoms with Gasteiger partial charge in [0.2, 0.25) is 0 Å². The fourth-order valence-corrected chi connectivity index (χ4v) is 2.12. The molecule has 0 amide bonds. The summed E-state index contributed by atoms with van der Waals surface area (Å²) in [5.41, 5.74) is 2.12. The highest BCUT2D eigenvalue weighted by molar-refractivity contribution is 5.64. The van der Waals surface area contributed by atoms with Crippen LogP contribution < -0.4 is 0 Å². The summed E-state index contributed by atoms with van der Waals surface area (Å²) >= 11 is 0. The van der Waals surface area contributed by atoms with Gasteiger partial charge in [-0.1, -0.05) is 24.8 Å². The van der Waals surface area contributed by atoms with Crippen LogP contribution in [0.2, 0.25) is 0 Å². The summed E-state index contributed by atoms with van der Waals surface area (Å²) in [6.07, 6.45) is -0.375. The molecule has 86 valence electrons. The average Bonchev–Trinajstić information content (AvgIpc) is 2.51. The SMILES string of the molecule is C=C(OCC)c1cccc2c1CC(F)(F)C2. The Labute approximate surface area is 93.7 Å². The van der Waals surface area contributed by atoms with Crippen molar-refractivity contribution < 1.29 is 13.5 Å². The molecule has 1 aromatic carbocycles. The molecule has 1 aliphatic carbocycles. The number of hydrogen-bond acceptors (Lipinski definition) is 1. The second-order valence-electron chi connectivity index (χ2n) is 4.01. The Balaban J connectivity index is 2.37. The molecule has 1 nitrogen and oxygen atoms in total. The van der Waals surface area contributed by atoms with Crippen LogP contribution in [-0.2, 0) is 17.6 Å².